The summed E-state index contributed by atoms with van der Waals surface area (Å²) in [5.41, 5.74) is 2.07. The van der Waals surface area contributed by atoms with E-state index in [2.05, 4.69) is 10.6 Å². The molecule has 0 heterocycles. The molecule has 2 rings (SSSR count). The molecule has 23 heavy (non-hydrogen) atoms. The number of anilines is 2. The van der Waals surface area contributed by atoms with Crippen LogP contribution in [-0.4, -0.2) is 18.9 Å². The van der Waals surface area contributed by atoms with Crippen molar-refractivity contribution in [2.75, 3.05) is 17.7 Å². The van der Waals surface area contributed by atoms with E-state index < -0.39 is 11.8 Å². The Kier molecular flexibility index (Phi) is 5.60. The lowest BCUT2D eigenvalue weighted by Gasteiger charge is -2.09. The fourth-order valence-electron chi connectivity index (χ4n) is 1.95. The van der Waals surface area contributed by atoms with E-state index in [1.807, 2.05) is 6.92 Å². The number of rotatable bonds is 5. The average molecular weight is 333 g/mol. The smallest absolute Gasteiger partial charge is 0.233 e. The number of hydrogen-bond acceptors (Lipinski definition) is 3. The van der Waals surface area contributed by atoms with Gasteiger partial charge >= 0.3 is 0 Å². The van der Waals surface area contributed by atoms with Crippen LogP contribution in [0.25, 0.3) is 0 Å². The Hall–Kier alpha value is -2.53. The highest BCUT2D eigenvalue weighted by Gasteiger charge is 2.11. The van der Waals surface area contributed by atoms with E-state index in [4.69, 9.17) is 16.3 Å². The zero-order chi connectivity index (χ0) is 16.8. The number of amides is 2. The van der Waals surface area contributed by atoms with Gasteiger partial charge in [-0.1, -0.05) is 17.7 Å². The average Bonchev–Trinajstić information content (AvgIpc) is 2.51. The summed E-state index contributed by atoms with van der Waals surface area (Å²) >= 11 is 5.90. The third-order valence-corrected chi connectivity index (χ3v) is 3.40. The van der Waals surface area contributed by atoms with Crippen molar-refractivity contribution < 1.29 is 14.3 Å². The van der Waals surface area contributed by atoms with Crippen LogP contribution in [0.4, 0.5) is 11.4 Å². The standard InChI is InChI=1S/C17H17ClN2O3/c1-11-3-4-12(18)9-15(11)20-17(22)10-16(21)19-13-5-7-14(23-2)8-6-13/h3-9H,10H2,1-2H3,(H,19,21)(H,20,22). The number of nitrogens with one attached hydrogen (secondary N) is 2. The second-order valence-electron chi connectivity index (χ2n) is 4.96. The van der Waals surface area contributed by atoms with Gasteiger partial charge in [-0.3, -0.25) is 9.59 Å². The Balaban J connectivity index is 1.91. The molecule has 2 aromatic rings. The van der Waals surface area contributed by atoms with Crippen molar-refractivity contribution in [3.05, 3.63) is 53.1 Å². The maximum atomic E-state index is 11.9. The molecule has 0 saturated carbocycles. The van der Waals surface area contributed by atoms with Gasteiger partial charge in [0.25, 0.3) is 0 Å². The van der Waals surface area contributed by atoms with Crippen molar-refractivity contribution in [2.45, 2.75) is 13.3 Å². The molecule has 2 amide bonds. The number of aryl methyl sites for hydroxylation is 1. The van der Waals surface area contributed by atoms with Crippen LogP contribution in [0.1, 0.15) is 12.0 Å². The van der Waals surface area contributed by atoms with Crippen molar-refractivity contribution in [1.82, 2.24) is 0 Å². The van der Waals surface area contributed by atoms with Crippen LogP contribution in [0.5, 0.6) is 5.75 Å². The van der Waals surface area contributed by atoms with Gasteiger partial charge in [0.05, 0.1) is 7.11 Å². The van der Waals surface area contributed by atoms with E-state index in [0.29, 0.717) is 22.1 Å². The molecule has 0 saturated heterocycles. The van der Waals surface area contributed by atoms with Gasteiger partial charge in [0.15, 0.2) is 0 Å². The Morgan fingerprint density at radius 1 is 1.04 bits per heavy atom. The third-order valence-electron chi connectivity index (χ3n) is 3.17. The largest absolute Gasteiger partial charge is 0.497 e. The topological polar surface area (TPSA) is 67.4 Å². The maximum absolute atomic E-state index is 11.9. The molecular formula is C17H17ClN2O3. The van der Waals surface area contributed by atoms with Gasteiger partial charge in [-0.2, -0.15) is 0 Å². The molecule has 0 unspecified atom stereocenters. The highest BCUT2D eigenvalue weighted by Crippen LogP contribution is 2.20. The second kappa shape index (κ2) is 7.65. The maximum Gasteiger partial charge on any atom is 0.233 e. The molecule has 0 aliphatic carbocycles. The van der Waals surface area contributed by atoms with Crippen LogP contribution < -0.4 is 15.4 Å². The summed E-state index contributed by atoms with van der Waals surface area (Å²) < 4.78 is 5.04. The molecule has 5 nitrogen and oxygen atoms in total. The van der Waals surface area contributed by atoms with E-state index >= 15 is 0 Å². The van der Waals surface area contributed by atoms with Gasteiger partial charge in [-0.25, -0.2) is 0 Å². The number of carbonyl (C=O) groups excluding carboxylic acids is 2. The van der Waals surface area contributed by atoms with Crippen molar-refractivity contribution in [1.29, 1.82) is 0 Å². The minimum absolute atomic E-state index is 0.280. The lowest BCUT2D eigenvalue weighted by Crippen LogP contribution is -2.21. The van der Waals surface area contributed by atoms with Crippen LogP contribution in [0.2, 0.25) is 5.02 Å². The predicted molar refractivity (Wildman–Crippen MR) is 91.1 cm³/mol. The van der Waals surface area contributed by atoms with E-state index in [1.165, 1.54) is 0 Å². The van der Waals surface area contributed by atoms with E-state index in [-0.39, 0.29) is 6.42 Å². The van der Waals surface area contributed by atoms with Gasteiger partial charge in [0.2, 0.25) is 11.8 Å². The molecule has 0 fully saturated rings. The second-order valence-corrected chi connectivity index (χ2v) is 5.40. The molecular weight excluding hydrogens is 316 g/mol. The Bertz CT molecular complexity index is 714. The molecule has 6 heteroatoms. The number of methoxy groups -OCH3 is 1. The molecule has 0 radical (unpaired) electrons. The molecule has 0 aliphatic rings. The molecule has 2 aromatic carbocycles. The van der Waals surface area contributed by atoms with Gasteiger partial charge in [-0.05, 0) is 48.9 Å². The molecule has 2 N–H and O–H groups in total. The number of carbonyl (C=O) groups is 2. The van der Waals surface area contributed by atoms with Gasteiger partial charge in [0, 0.05) is 16.4 Å². The lowest BCUT2D eigenvalue weighted by atomic mass is 10.2. The first-order valence-corrected chi connectivity index (χ1v) is 7.35. The molecule has 0 atom stereocenters. The van der Waals surface area contributed by atoms with Crippen LogP contribution in [0, 0.1) is 6.92 Å². The summed E-state index contributed by atoms with van der Waals surface area (Å²) in [6, 6.07) is 12.1. The van der Waals surface area contributed by atoms with Crippen molar-refractivity contribution >= 4 is 34.8 Å². The highest BCUT2D eigenvalue weighted by atomic mass is 35.5. The fourth-order valence-corrected chi connectivity index (χ4v) is 2.12. The third kappa shape index (κ3) is 5.00. The van der Waals surface area contributed by atoms with Crippen LogP contribution in [-0.2, 0) is 9.59 Å². The number of halogens is 1. The van der Waals surface area contributed by atoms with E-state index in [1.54, 1.807) is 49.6 Å². The first kappa shape index (κ1) is 16.8. The first-order valence-electron chi connectivity index (χ1n) is 6.98. The predicted octanol–water partition coefficient (Wildman–Crippen LogP) is 3.62. The number of ether oxygens (including phenoxy) is 1. The van der Waals surface area contributed by atoms with Gasteiger partial charge in [0.1, 0.15) is 12.2 Å². The van der Waals surface area contributed by atoms with Gasteiger partial charge in [-0.15, -0.1) is 0 Å². The van der Waals surface area contributed by atoms with Crippen LogP contribution >= 0.6 is 11.6 Å². The first-order chi connectivity index (χ1) is 11.0. The minimum Gasteiger partial charge on any atom is -0.497 e. The molecule has 0 aromatic heterocycles. The van der Waals surface area contributed by atoms with Crippen molar-refractivity contribution in [2.24, 2.45) is 0 Å². The summed E-state index contributed by atoms with van der Waals surface area (Å²) in [6.07, 6.45) is -0.280. The van der Waals surface area contributed by atoms with Gasteiger partial charge < -0.3 is 15.4 Å². The molecule has 0 bridgehead atoms. The Labute approximate surface area is 139 Å². The Morgan fingerprint density at radius 3 is 2.35 bits per heavy atom. The lowest BCUT2D eigenvalue weighted by molar-refractivity contribution is -0.123. The highest BCUT2D eigenvalue weighted by molar-refractivity contribution is 6.31. The quantitative estimate of drug-likeness (QED) is 0.822. The SMILES string of the molecule is COc1ccc(NC(=O)CC(=O)Nc2cc(Cl)ccc2C)cc1. The zero-order valence-corrected chi connectivity index (χ0v) is 13.6. The molecule has 0 spiro atoms. The number of benzene rings is 2. The van der Waals surface area contributed by atoms with Crippen LogP contribution in [0.15, 0.2) is 42.5 Å². The summed E-state index contributed by atoms with van der Waals surface area (Å²) in [6.45, 7) is 1.85. The van der Waals surface area contributed by atoms with E-state index in [9.17, 15) is 9.59 Å². The molecule has 120 valence electrons. The van der Waals surface area contributed by atoms with Crippen molar-refractivity contribution in [3.8, 4) is 5.75 Å². The van der Waals surface area contributed by atoms with Crippen LogP contribution in [0.3, 0.4) is 0 Å². The summed E-state index contributed by atoms with van der Waals surface area (Å²) in [7, 11) is 1.57. The van der Waals surface area contributed by atoms with Crippen molar-refractivity contribution in [3.63, 3.8) is 0 Å². The summed E-state index contributed by atoms with van der Waals surface area (Å²) in [5, 5.41) is 5.86. The number of hydrogen-bond donors (Lipinski definition) is 2. The normalized spacial score (nSPS) is 10.0. The zero-order valence-electron chi connectivity index (χ0n) is 12.9. The fraction of sp³-hybridized carbons (Fsp3) is 0.176. The summed E-state index contributed by atoms with van der Waals surface area (Å²) in [5.74, 6) is -0.106. The van der Waals surface area contributed by atoms with E-state index in [0.717, 1.165) is 5.56 Å². The minimum atomic E-state index is -0.402. The Morgan fingerprint density at radius 2 is 1.70 bits per heavy atom. The molecule has 0 aliphatic heterocycles. The summed E-state index contributed by atoms with van der Waals surface area (Å²) in [4.78, 5) is 23.8. The monoisotopic (exact) mass is 332 g/mol.